The van der Waals surface area contributed by atoms with Crippen LogP contribution in [0.4, 0.5) is 0 Å². The van der Waals surface area contributed by atoms with Crippen LogP contribution in [0.1, 0.15) is 24.9 Å². The minimum absolute atomic E-state index is 0.120. The Bertz CT molecular complexity index is 370. The van der Waals surface area contributed by atoms with Gasteiger partial charge in [-0.1, -0.05) is 12.1 Å². The summed E-state index contributed by atoms with van der Waals surface area (Å²) in [7, 11) is 1.67. The van der Waals surface area contributed by atoms with E-state index in [1.807, 2.05) is 18.2 Å². The molecule has 1 saturated heterocycles. The molecular formula is C13H20N2O2. The maximum absolute atomic E-state index is 5.68. The van der Waals surface area contributed by atoms with E-state index in [1.54, 1.807) is 7.11 Å². The van der Waals surface area contributed by atoms with Gasteiger partial charge in [0.1, 0.15) is 5.75 Å². The van der Waals surface area contributed by atoms with Gasteiger partial charge in [0, 0.05) is 5.92 Å². The number of benzene rings is 1. The Kier molecular flexibility index (Phi) is 3.99. The van der Waals surface area contributed by atoms with Crippen molar-refractivity contribution in [2.75, 3.05) is 13.7 Å². The van der Waals surface area contributed by atoms with Gasteiger partial charge in [0.2, 0.25) is 0 Å². The highest BCUT2D eigenvalue weighted by Crippen LogP contribution is 2.32. The Balaban J connectivity index is 2.16. The monoisotopic (exact) mass is 236 g/mol. The summed E-state index contributed by atoms with van der Waals surface area (Å²) in [5.41, 5.74) is 4.04. The van der Waals surface area contributed by atoms with Crippen molar-refractivity contribution in [3.63, 3.8) is 0 Å². The molecule has 2 rings (SSSR count). The quantitative estimate of drug-likeness (QED) is 0.616. The first kappa shape index (κ1) is 12.4. The second-order valence-electron chi connectivity index (χ2n) is 4.56. The average molecular weight is 236 g/mol. The van der Waals surface area contributed by atoms with E-state index < -0.39 is 0 Å². The first-order valence-electron chi connectivity index (χ1n) is 5.96. The standard InChI is InChI=1S/C13H20N2O2/c1-9-6-11(8-17-9)13(15-14)10-4-3-5-12(7-10)16-2/h3-5,7,9,11,13,15H,6,8,14H2,1-2H3. The van der Waals surface area contributed by atoms with Crippen LogP contribution >= 0.6 is 0 Å². The summed E-state index contributed by atoms with van der Waals surface area (Å²) in [6.45, 7) is 2.85. The average Bonchev–Trinajstić information content (AvgIpc) is 2.77. The van der Waals surface area contributed by atoms with E-state index in [0.29, 0.717) is 12.0 Å². The van der Waals surface area contributed by atoms with Crippen LogP contribution in [-0.4, -0.2) is 19.8 Å². The number of nitrogens with two attached hydrogens (primary N) is 1. The van der Waals surface area contributed by atoms with E-state index in [0.717, 1.165) is 24.3 Å². The van der Waals surface area contributed by atoms with Crippen molar-refractivity contribution in [2.45, 2.75) is 25.5 Å². The maximum atomic E-state index is 5.68. The number of methoxy groups -OCH3 is 1. The molecule has 0 aliphatic carbocycles. The number of ether oxygens (including phenoxy) is 2. The van der Waals surface area contributed by atoms with Crippen molar-refractivity contribution in [1.29, 1.82) is 0 Å². The molecule has 1 aliphatic heterocycles. The Morgan fingerprint density at radius 2 is 2.35 bits per heavy atom. The molecular weight excluding hydrogens is 216 g/mol. The van der Waals surface area contributed by atoms with Crippen LogP contribution < -0.4 is 16.0 Å². The summed E-state index contributed by atoms with van der Waals surface area (Å²) in [5, 5.41) is 0. The molecule has 0 amide bonds. The van der Waals surface area contributed by atoms with Crippen LogP contribution in [0.15, 0.2) is 24.3 Å². The molecule has 0 spiro atoms. The van der Waals surface area contributed by atoms with E-state index in [9.17, 15) is 0 Å². The van der Waals surface area contributed by atoms with Gasteiger partial charge < -0.3 is 9.47 Å². The minimum atomic E-state index is 0.120. The van der Waals surface area contributed by atoms with Gasteiger partial charge in [-0.05, 0) is 31.0 Å². The smallest absolute Gasteiger partial charge is 0.119 e. The van der Waals surface area contributed by atoms with Crippen LogP contribution in [0.25, 0.3) is 0 Å². The van der Waals surface area contributed by atoms with Crippen molar-refractivity contribution in [3.8, 4) is 5.75 Å². The highest BCUT2D eigenvalue weighted by atomic mass is 16.5. The van der Waals surface area contributed by atoms with E-state index in [2.05, 4.69) is 18.4 Å². The maximum Gasteiger partial charge on any atom is 0.119 e. The lowest BCUT2D eigenvalue weighted by molar-refractivity contribution is 0.117. The van der Waals surface area contributed by atoms with Crippen molar-refractivity contribution in [2.24, 2.45) is 11.8 Å². The molecule has 3 unspecified atom stereocenters. The fourth-order valence-corrected chi connectivity index (χ4v) is 2.42. The number of hydrogen-bond donors (Lipinski definition) is 2. The molecule has 1 fully saturated rings. The topological polar surface area (TPSA) is 56.5 Å². The fraction of sp³-hybridized carbons (Fsp3) is 0.538. The molecule has 1 aromatic rings. The first-order chi connectivity index (χ1) is 8.24. The molecule has 4 nitrogen and oxygen atoms in total. The van der Waals surface area contributed by atoms with Crippen LogP contribution in [0.5, 0.6) is 5.75 Å². The fourth-order valence-electron chi connectivity index (χ4n) is 2.42. The molecule has 0 radical (unpaired) electrons. The molecule has 0 aromatic heterocycles. The van der Waals surface area contributed by atoms with Gasteiger partial charge in [0.25, 0.3) is 0 Å². The Morgan fingerprint density at radius 3 is 2.94 bits per heavy atom. The third-order valence-corrected chi connectivity index (χ3v) is 3.33. The normalized spacial score (nSPS) is 25.8. The molecule has 1 aliphatic rings. The van der Waals surface area contributed by atoms with Crippen LogP contribution in [0, 0.1) is 5.92 Å². The molecule has 3 N–H and O–H groups in total. The van der Waals surface area contributed by atoms with Gasteiger partial charge >= 0.3 is 0 Å². The van der Waals surface area contributed by atoms with Crippen LogP contribution in [0.2, 0.25) is 0 Å². The molecule has 1 aromatic carbocycles. The highest BCUT2D eigenvalue weighted by molar-refractivity contribution is 5.31. The zero-order chi connectivity index (χ0) is 12.3. The van der Waals surface area contributed by atoms with Crippen molar-refractivity contribution < 1.29 is 9.47 Å². The lowest BCUT2D eigenvalue weighted by Gasteiger charge is -2.22. The third-order valence-electron chi connectivity index (χ3n) is 3.33. The van der Waals surface area contributed by atoms with Gasteiger partial charge in [-0.15, -0.1) is 0 Å². The van der Waals surface area contributed by atoms with E-state index in [1.165, 1.54) is 0 Å². The van der Waals surface area contributed by atoms with Crippen molar-refractivity contribution in [1.82, 2.24) is 5.43 Å². The van der Waals surface area contributed by atoms with Gasteiger partial charge in [-0.2, -0.15) is 0 Å². The Labute approximate surface area is 102 Å². The summed E-state index contributed by atoms with van der Waals surface area (Å²) < 4.78 is 10.8. The zero-order valence-electron chi connectivity index (χ0n) is 10.3. The summed E-state index contributed by atoms with van der Waals surface area (Å²) in [6, 6.07) is 8.13. The van der Waals surface area contributed by atoms with Gasteiger partial charge in [0.05, 0.1) is 25.9 Å². The predicted molar refractivity (Wildman–Crippen MR) is 66.6 cm³/mol. The van der Waals surface area contributed by atoms with Crippen molar-refractivity contribution >= 4 is 0 Å². The predicted octanol–water partition coefficient (Wildman–Crippen LogP) is 1.62. The molecule has 1 heterocycles. The van der Waals surface area contributed by atoms with E-state index in [4.69, 9.17) is 15.3 Å². The second kappa shape index (κ2) is 5.49. The number of hydrogen-bond acceptors (Lipinski definition) is 4. The summed E-state index contributed by atoms with van der Waals surface area (Å²) in [6.07, 6.45) is 1.35. The lowest BCUT2D eigenvalue weighted by Crippen LogP contribution is -2.34. The Hall–Kier alpha value is -1.10. The molecule has 17 heavy (non-hydrogen) atoms. The van der Waals surface area contributed by atoms with Crippen molar-refractivity contribution in [3.05, 3.63) is 29.8 Å². The van der Waals surface area contributed by atoms with Crippen LogP contribution in [0.3, 0.4) is 0 Å². The zero-order valence-corrected chi connectivity index (χ0v) is 10.3. The molecule has 94 valence electrons. The molecule has 0 saturated carbocycles. The molecule has 3 atom stereocenters. The molecule has 4 heteroatoms. The Morgan fingerprint density at radius 1 is 1.53 bits per heavy atom. The minimum Gasteiger partial charge on any atom is -0.497 e. The number of rotatable bonds is 4. The van der Waals surface area contributed by atoms with Gasteiger partial charge in [0.15, 0.2) is 0 Å². The number of hydrazine groups is 1. The SMILES string of the molecule is COc1cccc(C(NN)C2COC(C)C2)c1. The third kappa shape index (κ3) is 2.77. The molecule has 0 bridgehead atoms. The summed E-state index contributed by atoms with van der Waals surface area (Å²) >= 11 is 0. The van der Waals surface area contributed by atoms with Gasteiger partial charge in [-0.25, -0.2) is 0 Å². The van der Waals surface area contributed by atoms with E-state index in [-0.39, 0.29) is 6.04 Å². The number of nitrogens with one attached hydrogen (secondary N) is 1. The highest BCUT2D eigenvalue weighted by Gasteiger charge is 2.30. The van der Waals surface area contributed by atoms with E-state index >= 15 is 0 Å². The first-order valence-corrected chi connectivity index (χ1v) is 5.96. The summed E-state index contributed by atoms with van der Waals surface area (Å²) in [5.74, 6) is 6.95. The largest absolute Gasteiger partial charge is 0.497 e. The lowest BCUT2D eigenvalue weighted by atomic mass is 9.91. The van der Waals surface area contributed by atoms with Crippen LogP contribution in [-0.2, 0) is 4.74 Å². The summed E-state index contributed by atoms with van der Waals surface area (Å²) in [4.78, 5) is 0. The second-order valence-corrected chi connectivity index (χ2v) is 4.56. The van der Waals surface area contributed by atoms with Gasteiger partial charge in [-0.3, -0.25) is 11.3 Å².